The van der Waals surface area contributed by atoms with E-state index in [1.807, 2.05) is 0 Å². The van der Waals surface area contributed by atoms with E-state index >= 15 is 0 Å². The van der Waals surface area contributed by atoms with Crippen molar-refractivity contribution in [1.82, 2.24) is 0 Å². The van der Waals surface area contributed by atoms with Gasteiger partial charge in [-0.15, -0.1) is 0 Å². The number of anilines is 2. The summed E-state index contributed by atoms with van der Waals surface area (Å²) >= 11 is 0. The molecule has 1 aliphatic heterocycles. The van der Waals surface area contributed by atoms with Crippen LogP contribution in [0.15, 0.2) is 224 Å². The lowest BCUT2D eigenvalue weighted by atomic mass is 9.66. The highest BCUT2D eigenvalue weighted by molar-refractivity contribution is 5.92. The zero-order chi connectivity index (χ0) is 40.7. The fourth-order valence-electron chi connectivity index (χ4n) is 10.8. The van der Waals surface area contributed by atoms with Crippen molar-refractivity contribution in [3.05, 3.63) is 257 Å². The van der Waals surface area contributed by atoms with Crippen LogP contribution in [0.1, 0.15) is 53.6 Å². The number of rotatable bonds is 5. The van der Waals surface area contributed by atoms with Gasteiger partial charge >= 0.3 is 0 Å². The third-order valence-electron chi connectivity index (χ3n) is 13.6. The molecule has 290 valence electrons. The first kappa shape index (κ1) is 35.5. The summed E-state index contributed by atoms with van der Waals surface area (Å²) in [4.78, 5) is 2.48. The first-order valence-corrected chi connectivity index (χ1v) is 21.4. The van der Waals surface area contributed by atoms with Crippen LogP contribution >= 0.6 is 0 Å². The van der Waals surface area contributed by atoms with Crippen molar-refractivity contribution in [3.63, 3.8) is 0 Å². The van der Waals surface area contributed by atoms with Crippen LogP contribution in [-0.2, 0) is 10.8 Å². The average Bonchev–Trinajstić information content (AvgIpc) is 3.57. The average molecular weight is 782 g/mol. The monoisotopic (exact) mass is 781 g/mol. The van der Waals surface area contributed by atoms with Gasteiger partial charge < -0.3 is 9.64 Å². The molecule has 8 aromatic rings. The maximum atomic E-state index is 6.87. The largest absolute Gasteiger partial charge is 0.457 e. The van der Waals surface area contributed by atoms with Crippen molar-refractivity contribution in [1.29, 1.82) is 0 Å². The zero-order valence-corrected chi connectivity index (χ0v) is 34.3. The number of hydrogen-bond donors (Lipinski definition) is 0. The molecule has 0 radical (unpaired) electrons. The Morgan fingerprint density at radius 1 is 0.459 bits per heavy atom. The Hall–Kier alpha value is -7.42. The highest BCUT2D eigenvalue weighted by Crippen LogP contribution is 2.62. The summed E-state index contributed by atoms with van der Waals surface area (Å²) in [5.41, 5.74) is 20.5. The number of hydrogen-bond acceptors (Lipinski definition) is 2. The standard InChI is InChI=1S/C59H43NO/c1-58(2)49-25-10-6-21-45(49)48-24-16-19-43(38-54(48)58)60(55-29-14-9-20-44(55)40-17-4-3-5-18-40)42-34-31-39(32-35-42)41-33-36-53-57(37-41)61-56-30-15-13-28-52(56)59(53)50-26-11-7-22-46(50)47-23-8-12-27-51(47)59/h3-18,20-38H,19H2,1-2H3. The Labute approximate surface area is 358 Å². The third kappa shape index (κ3) is 5.22. The molecule has 0 atom stereocenters. The van der Waals surface area contributed by atoms with E-state index < -0.39 is 5.41 Å². The Morgan fingerprint density at radius 2 is 1.03 bits per heavy atom. The molecular formula is C59H43NO. The first-order valence-electron chi connectivity index (χ1n) is 21.4. The molecule has 4 aliphatic rings. The third-order valence-corrected chi connectivity index (χ3v) is 13.6. The van der Waals surface area contributed by atoms with E-state index in [1.165, 1.54) is 72.5 Å². The quantitative estimate of drug-likeness (QED) is 0.172. The Morgan fingerprint density at radius 3 is 1.77 bits per heavy atom. The van der Waals surface area contributed by atoms with E-state index in [0.29, 0.717) is 0 Å². The molecule has 3 aliphatic carbocycles. The molecule has 1 heterocycles. The fraction of sp³-hybridized carbons (Fsp3) is 0.0847. The van der Waals surface area contributed by atoms with Crippen LogP contribution in [0, 0.1) is 0 Å². The van der Waals surface area contributed by atoms with E-state index in [9.17, 15) is 0 Å². The van der Waals surface area contributed by atoms with Gasteiger partial charge in [0.2, 0.25) is 0 Å². The molecule has 12 rings (SSSR count). The van der Waals surface area contributed by atoms with Crippen molar-refractivity contribution in [2.45, 2.75) is 31.1 Å². The molecule has 2 heteroatoms. The van der Waals surface area contributed by atoms with Crippen LogP contribution in [0.2, 0.25) is 0 Å². The predicted octanol–water partition coefficient (Wildman–Crippen LogP) is 15.2. The van der Waals surface area contributed by atoms with Gasteiger partial charge in [0, 0.05) is 39.9 Å². The van der Waals surface area contributed by atoms with Gasteiger partial charge in [0.05, 0.1) is 11.1 Å². The van der Waals surface area contributed by atoms with Crippen molar-refractivity contribution in [2.75, 3.05) is 4.90 Å². The van der Waals surface area contributed by atoms with Crippen LogP contribution in [0.4, 0.5) is 11.4 Å². The second-order valence-electron chi connectivity index (χ2n) is 17.2. The molecule has 0 saturated carbocycles. The van der Waals surface area contributed by atoms with E-state index in [2.05, 4.69) is 231 Å². The van der Waals surface area contributed by atoms with Crippen molar-refractivity contribution in [2.24, 2.45) is 0 Å². The van der Waals surface area contributed by atoms with Gasteiger partial charge in [0.1, 0.15) is 11.5 Å². The maximum absolute atomic E-state index is 6.87. The van der Waals surface area contributed by atoms with E-state index in [-0.39, 0.29) is 5.41 Å². The predicted molar refractivity (Wildman–Crippen MR) is 252 cm³/mol. The minimum Gasteiger partial charge on any atom is -0.457 e. The number of nitrogens with zero attached hydrogens (tertiary/aromatic N) is 1. The number of fused-ring (bicyclic) bond motifs is 11. The fourth-order valence-corrected chi connectivity index (χ4v) is 10.8. The summed E-state index contributed by atoms with van der Waals surface area (Å²) in [6.07, 6.45) is 7.96. The van der Waals surface area contributed by atoms with Gasteiger partial charge in [-0.05, 0) is 97.6 Å². The summed E-state index contributed by atoms with van der Waals surface area (Å²) in [6, 6.07) is 70.8. The number of allylic oxidation sites excluding steroid dienone is 5. The second kappa shape index (κ2) is 13.6. The Balaban J connectivity index is 0.989. The highest BCUT2D eigenvalue weighted by atomic mass is 16.5. The van der Waals surface area contributed by atoms with Gasteiger partial charge in [-0.1, -0.05) is 190 Å². The lowest BCUT2D eigenvalue weighted by molar-refractivity contribution is 0.436. The number of para-hydroxylation sites is 2. The number of ether oxygens (including phenoxy) is 1. The smallest absolute Gasteiger partial charge is 0.132 e. The molecular weight excluding hydrogens is 739 g/mol. The highest BCUT2D eigenvalue weighted by Gasteiger charge is 2.51. The van der Waals surface area contributed by atoms with Gasteiger partial charge in [-0.3, -0.25) is 0 Å². The molecule has 0 aromatic heterocycles. The molecule has 8 aromatic carbocycles. The summed E-state index contributed by atoms with van der Waals surface area (Å²) in [7, 11) is 0. The van der Waals surface area contributed by atoms with E-state index in [0.717, 1.165) is 40.4 Å². The van der Waals surface area contributed by atoms with Gasteiger partial charge in [0.15, 0.2) is 0 Å². The Kier molecular flexibility index (Phi) is 7.89. The molecule has 0 bridgehead atoms. The van der Waals surface area contributed by atoms with Crippen LogP contribution in [0.5, 0.6) is 11.5 Å². The summed E-state index contributed by atoms with van der Waals surface area (Å²) in [6.45, 7) is 4.73. The topological polar surface area (TPSA) is 12.5 Å². The molecule has 0 amide bonds. The molecule has 61 heavy (non-hydrogen) atoms. The van der Waals surface area contributed by atoms with Gasteiger partial charge in [0.25, 0.3) is 0 Å². The summed E-state index contributed by atoms with van der Waals surface area (Å²) in [5, 5.41) is 0. The minimum atomic E-state index is -0.474. The number of benzene rings is 8. The summed E-state index contributed by atoms with van der Waals surface area (Å²) in [5.74, 6) is 1.80. The van der Waals surface area contributed by atoms with E-state index in [1.54, 1.807) is 0 Å². The Bertz CT molecular complexity index is 3120. The van der Waals surface area contributed by atoms with Crippen LogP contribution in [0.3, 0.4) is 0 Å². The minimum absolute atomic E-state index is 0.128. The maximum Gasteiger partial charge on any atom is 0.132 e. The van der Waals surface area contributed by atoms with Crippen LogP contribution in [0.25, 0.3) is 39.0 Å². The van der Waals surface area contributed by atoms with Crippen LogP contribution in [-0.4, -0.2) is 0 Å². The lowest BCUT2D eigenvalue weighted by Crippen LogP contribution is -2.32. The molecule has 0 fully saturated rings. The van der Waals surface area contributed by atoms with Gasteiger partial charge in [-0.25, -0.2) is 0 Å². The van der Waals surface area contributed by atoms with Gasteiger partial charge in [-0.2, -0.15) is 0 Å². The summed E-state index contributed by atoms with van der Waals surface area (Å²) < 4.78 is 6.87. The molecule has 0 N–H and O–H groups in total. The molecule has 1 spiro atoms. The second-order valence-corrected chi connectivity index (χ2v) is 17.2. The van der Waals surface area contributed by atoms with E-state index in [4.69, 9.17) is 4.74 Å². The van der Waals surface area contributed by atoms with Crippen molar-refractivity contribution in [3.8, 4) is 44.9 Å². The SMILES string of the molecule is CC1(C)C2=C(C=CCC(N(c3ccc(-c4ccc5c(c4)Oc4ccccc4C54c5ccccc5-c5ccccc54)cc3)c3ccccc3-c3ccccc3)=C2)c2ccccc21. The van der Waals surface area contributed by atoms with Crippen molar-refractivity contribution < 1.29 is 4.74 Å². The molecule has 0 saturated heterocycles. The first-order chi connectivity index (χ1) is 30.0. The van der Waals surface area contributed by atoms with Crippen LogP contribution < -0.4 is 9.64 Å². The normalized spacial score (nSPS) is 15.7. The van der Waals surface area contributed by atoms with Crippen molar-refractivity contribution >= 4 is 16.9 Å². The zero-order valence-electron chi connectivity index (χ0n) is 34.3. The lowest BCUT2D eigenvalue weighted by Gasteiger charge is -2.39. The molecule has 2 nitrogen and oxygen atoms in total. The molecule has 0 unspecified atom stereocenters.